The highest BCUT2D eigenvalue weighted by molar-refractivity contribution is 6.33. The first-order valence-corrected chi connectivity index (χ1v) is 6.03. The second kappa shape index (κ2) is 4.92. The quantitative estimate of drug-likeness (QED) is 0.891. The van der Waals surface area contributed by atoms with Gasteiger partial charge in [0.25, 0.3) is 0 Å². The van der Waals surface area contributed by atoms with Gasteiger partial charge in [-0.1, -0.05) is 11.6 Å². The number of nitrogens with one attached hydrogen (secondary N) is 1. The lowest BCUT2D eigenvalue weighted by molar-refractivity contribution is -0.139. The van der Waals surface area contributed by atoms with Crippen LogP contribution in [0.5, 0.6) is 0 Å². The maximum Gasteiger partial charge on any atom is 0.416 e. The fourth-order valence-electron chi connectivity index (χ4n) is 1.79. The van der Waals surface area contributed by atoms with Crippen LogP contribution in [0.4, 0.5) is 18.9 Å². The Morgan fingerprint density at radius 1 is 1.42 bits per heavy atom. The van der Waals surface area contributed by atoms with Crippen LogP contribution in [0.1, 0.15) is 18.4 Å². The lowest BCUT2D eigenvalue weighted by atomic mass is 10.1. The highest BCUT2D eigenvalue weighted by Crippen LogP contribution is 2.37. The number of halogens is 4. The van der Waals surface area contributed by atoms with Crippen LogP contribution < -0.4 is 5.32 Å². The Morgan fingerprint density at radius 3 is 2.47 bits per heavy atom. The number of aliphatic carboxylic acids is 1. The molecule has 0 aromatic heterocycles. The molecule has 0 amide bonds. The summed E-state index contributed by atoms with van der Waals surface area (Å²) in [4.78, 5) is 11.0. The Morgan fingerprint density at radius 2 is 2.05 bits per heavy atom. The van der Waals surface area contributed by atoms with Crippen molar-refractivity contribution < 1.29 is 23.1 Å². The molecule has 0 aliphatic heterocycles. The third-order valence-corrected chi connectivity index (χ3v) is 3.28. The topological polar surface area (TPSA) is 49.3 Å². The normalized spacial score (nSPS) is 17.1. The largest absolute Gasteiger partial charge is 0.480 e. The van der Waals surface area contributed by atoms with E-state index in [-0.39, 0.29) is 16.6 Å². The van der Waals surface area contributed by atoms with Crippen molar-refractivity contribution in [1.82, 2.24) is 0 Å². The zero-order chi connectivity index (χ0) is 14.2. The second-order valence-corrected chi connectivity index (χ2v) is 4.90. The number of benzene rings is 1. The average molecular weight is 294 g/mol. The number of carboxylic acids is 1. The van der Waals surface area contributed by atoms with E-state index >= 15 is 0 Å². The van der Waals surface area contributed by atoms with E-state index in [1.54, 1.807) is 0 Å². The number of alkyl halides is 3. The van der Waals surface area contributed by atoms with Crippen LogP contribution in [0.25, 0.3) is 0 Å². The Balaban J connectivity index is 2.19. The van der Waals surface area contributed by atoms with Gasteiger partial charge < -0.3 is 10.4 Å². The molecule has 104 valence electrons. The van der Waals surface area contributed by atoms with E-state index in [2.05, 4.69) is 5.32 Å². The number of hydrogen-bond acceptors (Lipinski definition) is 2. The molecule has 1 aromatic carbocycles. The van der Waals surface area contributed by atoms with E-state index in [1.807, 2.05) is 0 Å². The van der Waals surface area contributed by atoms with Gasteiger partial charge in [0.15, 0.2) is 0 Å². The molecule has 1 fully saturated rings. The van der Waals surface area contributed by atoms with Crippen LogP contribution in [0.2, 0.25) is 5.02 Å². The van der Waals surface area contributed by atoms with Crippen molar-refractivity contribution in [2.45, 2.75) is 25.1 Å². The zero-order valence-corrected chi connectivity index (χ0v) is 10.4. The Labute approximate surface area is 112 Å². The molecule has 1 saturated carbocycles. The molecule has 1 aromatic rings. The summed E-state index contributed by atoms with van der Waals surface area (Å²) in [6.45, 7) is 0. The van der Waals surface area contributed by atoms with E-state index < -0.39 is 23.8 Å². The maximum absolute atomic E-state index is 12.5. The number of rotatable bonds is 4. The van der Waals surface area contributed by atoms with Gasteiger partial charge in [0.1, 0.15) is 6.04 Å². The minimum absolute atomic E-state index is 0.0101. The third kappa shape index (κ3) is 3.32. The van der Waals surface area contributed by atoms with Crippen molar-refractivity contribution in [2.75, 3.05) is 5.32 Å². The third-order valence-electron chi connectivity index (χ3n) is 2.97. The molecular weight excluding hydrogens is 283 g/mol. The molecule has 2 N–H and O–H groups in total. The van der Waals surface area contributed by atoms with E-state index in [4.69, 9.17) is 16.7 Å². The Kier molecular flexibility index (Phi) is 3.62. The molecular formula is C12H11ClF3NO2. The highest BCUT2D eigenvalue weighted by atomic mass is 35.5. The Bertz CT molecular complexity index is 500. The number of carbonyl (C=O) groups is 1. The predicted molar refractivity (Wildman–Crippen MR) is 64.2 cm³/mol. The van der Waals surface area contributed by atoms with Crippen LogP contribution in [0.15, 0.2) is 18.2 Å². The molecule has 1 unspecified atom stereocenters. The van der Waals surface area contributed by atoms with Crippen LogP contribution in [-0.4, -0.2) is 17.1 Å². The van der Waals surface area contributed by atoms with E-state index in [0.29, 0.717) is 0 Å². The smallest absolute Gasteiger partial charge is 0.416 e. The molecule has 0 radical (unpaired) electrons. The van der Waals surface area contributed by atoms with Crippen molar-refractivity contribution >= 4 is 23.3 Å². The number of carboxylic acid groups (broad SMARTS) is 1. The van der Waals surface area contributed by atoms with Gasteiger partial charge in [0, 0.05) is 0 Å². The summed E-state index contributed by atoms with van der Waals surface area (Å²) in [5, 5.41) is 11.6. The zero-order valence-electron chi connectivity index (χ0n) is 9.67. The van der Waals surface area contributed by atoms with Crippen LogP contribution in [0, 0.1) is 5.92 Å². The lowest BCUT2D eigenvalue weighted by Gasteiger charge is -2.17. The highest BCUT2D eigenvalue weighted by Gasteiger charge is 2.37. The molecule has 19 heavy (non-hydrogen) atoms. The maximum atomic E-state index is 12.5. The monoisotopic (exact) mass is 293 g/mol. The van der Waals surface area contributed by atoms with Crippen molar-refractivity contribution in [3.63, 3.8) is 0 Å². The minimum Gasteiger partial charge on any atom is -0.480 e. The Hall–Kier alpha value is -1.43. The standard InChI is InChI=1S/C12H11ClF3NO2/c13-8-5-7(12(14,15)16)3-4-9(8)17-10(11(18)19)6-1-2-6/h3-6,10,17H,1-2H2,(H,18,19). The summed E-state index contributed by atoms with van der Waals surface area (Å²) in [5.74, 6) is -1.02. The van der Waals surface area contributed by atoms with Gasteiger partial charge in [0.2, 0.25) is 0 Å². The van der Waals surface area contributed by atoms with Gasteiger partial charge in [-0.2, -0.15) is 13.2 Å². The summed E-state index contributed by atoms with van der Waals surface area (Å²) in [6, 6.07) is 2.01. The summed E-state index contributed by atoms with van der Waals surface area (Å²) >= 11 is 5.75. The van der Waals surface area contributed by atoms with E-state index in [0.717, 1.165) is 31.0 Å². The minimum atomic E-state index is -4.47. The molecule has 0 heterocycles. The molecule has 2 rings (SSSR count). The van der Waals surface area contributed by atoms with Gasteiger partial charge in [-0.25, -0.2) is 4.79 Å². The molecule has 7 heteroatoms. The van der Waals surface area contributed by atoms with Crippen LogP contribution in [-0.2, 0) is 11.0 Å². The summed E-state index contributed by atoms with van der Waals surface area (Å²) < 4.78 is 37.4. The summed E-state index contributed by atoms with van der Waals surface area (Å²) in [5.41, 5.74) is -0.657. The molecule has 1 aliphatic rings. The summed E-state index contributed by atoms with van der Waals surface area (Å²) in [7, 11) is 0. The molecule has 0 saturated heterocycles. The first-order chi connectivity index (χ1) is 8.79. The molecule has 0 spiro atoms. The predicted octanol–water partition coefficient (Wildman–Crippen LogP) is 3.63. The first kappa shape index (κ1) is 14.0. The SMILES string of the molecule is O=C(O)C(Nc1ccc(C(F)(F)F)cc1Cl)C1CC1. The molecule has 3 nitrogen and oxygen atoms in total. The lowest BCUT2D eigenvalue weighted by Crippen LogP contribution is -2.31. The van der Waals surface area contributed by atoms with Crippen molar-refractivity contribution in [3.05, 3.63) is 28.8 Å². The number of anilines is 1. The molecule has 1 aliphatic carbocycles. The van der Waals surface area contributed by atoms with Crippen molar-refractivity contribution in [3.8, 4) is 0 Å². The molecule has 1 atom stereocenters. The van der Waals surface area contributed by atoms with Crippen molar-refractivity contribution in [1.29, 1.82) is 0 Å². The fourth-order valence-corrected chi connectivity index (χ4v) is 2.02. The van der Waals surface area contributed by atoms with Gasteiger partial charge in [-0.15, -0.1) is 0 Å². The molecule has 0 bridgehead atoms. The van der Waals surface area contributed by atoms with E-state index in [1.165, 1.54) is 0 Å². The van der Waals surface area contributed by atoms with Gasteiger partial charge in [-0.3, -0.25) is 0 Å². The van der Waals surface area contributed by atoms with Gasteiger partial charge in [0.05, 0.1) is 16.3 Å². The van der Waals surface area contributed by atoms with Crippen LogP contribution in [0.3, 0.4) is 0 Å². The van der Waals surface area contributed by atoms with Gasteiger partial charge >= 0.3 is 12.1 Å². The second-order valence-electron chi connectivity index (χ2n) is 4.49. The average Bonchev–Trinajstić information content (AvgIpc) is 3.09. The van der Waals surface area contributed by atoms with E-state index in [9.17, 15) is 18.0 Å². The summed E-state index contributed by atoms with van der Waals surface area (Å²) in [6.07, 6.45) is -2.88. The first-order valence-electron chi connectivity index (χ1n) is 5.65. The van der Waals surface area contributed by atoms with Crippen molar-refractivity contribution in [2.24, 2.45) is 5.92 Å². The van der Waals surface area contributed by atoms with Crippen LogP contribution >= 0.6 is 11.6 Å². The van der Waals surface area contributed by atoms with Gasteiger partial charge in [-0.05, 0) is 37.0 Å². The fraction of sp³-hybridized carbons (Fsp3) is 0.417. The number of hydrogen-bond donors (Lipinski definition) is 2.